The highest BCUT2D eigenvalue weighted by atomic mass is 16.2. The maximum atomic E-state index is 11.8. The Morgan fingerprint density at radius 2 is 2.00 bits per heavy atom. The van der Waals surface area contributed by atoms with Gasteiger partial charge in [-0.15, -0.1) is 0 Å². The minimum atomic E-state index is -0.0225. The smallest absolute Gasteiger partial charge is 0.239 e. The SMILES string of the molecule is CCNC(=O)CN(CC)c1nc(C(C)C)nc(NN)c1C. The minimum absolute atomic E-state index is 0.0225. The summed E-state index contributed by atoms with van der Waals surface area (Å²) in [5, 5.41) is 2.80. The molecule has 7 nitrogen and oxygen atoms in total. The molecule has 0 atom stereocenters. The molecular weight excluding hydrogens is 268 g/mol. The number of carbonyl (C=O) groups excluding carboxylic acids is 1. The Kier molecular flexibility index (Phi) is 6.36. The van der Waals surface area contributed by atoms with Gasteiger partial charge in [0.25, 0.3) is 0 Å². The fraction of sp³-hybridized carbons (Fsp3) is 0.643. The van der Waals surface area contributed by atoms with E-state index in [2.05, 4.69) is 20.7 Å². The molecule has 1 heterocycles. The van der Waals surface area contributed by atoms with Crippen LogP contribution in [0.3, 0.4) is 0 Å². The van der Waals surface area contributed by atoms with Crippen molar-refractivity contribution in [3.63, 3.8) is 0 Å². The van der Waals surface area contributed by atoms with E-state index >= 15 is 0 Å². The number of nitrogens with zero attached hydrogens (tertiary/aromatic N) is 3. The Bertz CT molecular complexity index is 489. The van der Waals surface area contributed by atoms with Crippen molar-refractivity contribution in [2.24, 2.45) is 5.84 Å². The highest BCUT2D eigenvalue weighted by Gasteiger charge is 2.18. The molecule has 118 valence electrons. The maximum absolute atomic E-state index is 11.8. The van der Waals surface area contributed by atoms with Crippen LogP contribution < -0.4 is 21.5 Å². The Balaban J connectivity index is 3.18. The monoisotopic (exact) mass is 294 g/mol. The highest BCUT2D eigenvalue weighted by molar-refractivity contribution is 5.81. The van der Waals surface area contributed by atoms with Crippen LogP contribution in [-0.2, 0) is 4.79 Å². The van der Waals surface area contributed by atoms with Crippen molar-refractivity contribution in [2.75, 3.05) is 30.0 Å². The Morgan fingerprint density at radius 3 is 2.48 bits per heavy atom. The molecule has 0 bridgehead atoms. The third-order valence-corrected chi connectivity index (χ3v) is 3.18. The van der Waals surface area contributed by atoms with E-state index in [1.54, 1.807) is 0 Å². The molecule has 0 saturated heterocycles. The number of rotatable bonds is 7. The average Bonchev–Trinajstić information content (AvgIpc) is 2.45. The number of amides is 1. The predicted molar refractivity (Wildman–Crippen MR) is 85.2 cm³/mol. The second-order valence-electron chi connectivity index (χ2n) is 5.15. The van der Waals surface area contributed by atoms with Gasteiger partial charge in [-0.25, -0.2) is 15.8 Å². The molecule has 0 aromatic carbocycles. The van der Waals surface area contributed by atoms with Gasteiger partial charge < -0.3 is 15.6 Å². The standard InChI is InChI=1S/C14H26N6O/c1-6-16-11(21)8-20(7-2)14-10(5)13(19-15)17-12(18-14)9(3)4/h9H,6-8,15H2,1-5H3,(H,16,21)(H,17,18,19). The number of carbonyl (C=O) groups is 1. The third-order valence-electron chi connectivity index (χ3n) is 3.18. The normalized spacial score (nSPS) is 10.6. The summed E-state index contributed by atoms with van der Waals surface area (Å²) in [6, 6.07) is 0. The fourth-order valence-electron chi connectivity index (χ4n) is 1.99. The van der Waals surface area contributed by atoms with Crippen LogP contribution in [0.4, 0.5) is 11.6 Å². The second kappa shape index (κ2) is 7.78. The van der Waals surface area contributed by atoms with E-state index in [9.17, 15) is 4.79 Å². The summed E-state index contributed by atoms with van der Waals surface area (Å²) in [6.07, 6.45) is 0. The summed E-state index contributed by atoms with van der Waals surface area (Å²) in [6.45, 7) is 11.4. The molecule has 0 spiro atoms. The second-order valence-corrected chi connectivity index (χ2v) is 5.15. The number of hydrazine groups is 1. The number of nitrogens with two attached hydrogens (primary N) is 1. The topological polar surface area (TPSA) is 96.2 Å². The molecule has 7 heteroatoms. The number of nitrogens with one attached hydrogen (secondary N) is 2. The van der Waals surface area contributed by atoms with Gasteiger partial charge in [-0.2, -0.15) is 0 Å². The van der Waals surface area contributed by atoms with Crippen LogP contribution in [0.2, 0.25) is 0 Å². The van der Waals surface area contributed by atoms with Crippen molar-refractivity contribution in [1.82, 2.24) is 15.3 Å². The van der Waals surface area contributed by atoms with E-state index in [4.69, 9.17) is 5.84 Å². The summed E-state index contributed by atoms with van der Waals surface area (Å²) in [4.78, 5) is 22.8. The molecule has 4 N–H and O–H groups in total. The lowest BCUT2D eigenvalue weighted by atomic mass is 10.2. The van der Waals surface area contributed by atoms with Crippen molar-refractivity contribution in [2.45, 2.75) is 40.5 Å². The molecule has 0 unspecified atom stereocenters. The molecule has 0 aliphatic rings. The van der Waals surface area contributed by atoms with Crippen molar-refractivity contribution >= 4 is 17.5 Å². The molecule has 1 rings (SSSR count). The molecule has 0 aliphatic carbocycles. The van der Waals surface area contributed by atoms with Gasteiger partial charge in [0.15, 0.2) is 0 Å². The fourth-order valence-corrected chi connectivity index (χ4v) is 1.99. The first-order chi connectivity index (χ1) is 9.94. The lowest BCUT2D eigenvalue weighted by Crippen LogP contribution is -2.38. The molecule has 0 radical (unpaired) electrons. The first kappa shape index (κ1) is 17.2. The van der Waals surface area contributed by atoms with Crippen molar-refractivity contribution in [1.29, 1.82) is 0 Å². The zero-order valence-electron chi connectivity index (χ0n) is 13.5. The molecular formula is C14H26N6O. The van der Waals surface area contributed by atoms with Gasteiger partial charge in [-0.1, -0.05) is 13.8 Å². The summed E-state index contributed by atoms with van der Waals surface area (Å²) in [5.74, 6) is 7.75. The number of anilines is 2. The summed E-state index contributed by atoms with van der Waals surface area (Å²) < 4.78 is 0. The summed E-state index contributed by atoms with van der Waals surface area (Å²) >= 11 is 0. The first-order valence-electron chi connectivity index (χ1n) is 7.31. The zero-order chi connectivity index (χ0) is 16.0. The number of hydrogen-bond donors (Lipinski definition) is 3. The van der Waals surface area contributed by atoms with E-state index < -0.39 is 0 Å². The molecule has 0 fully saturated rings. The van der Waals surface area contributed by atoms with E-state index in [0.29, 0.717) is 24.7 Å². The lowest BCUT2D eigenvalue weighted by Gasteiger charge is -2.25. The van der Waals surface area contributed by atoms with Gasteiger partial charge >= 0.3 is 0 Å². The van der Waals surface area contributed by atoms with Crippen molar-refractivity contribution < 1.29 is 4.79 Å². The zero-order valence-corrected chi connectivity index (χ0v) is 13.5. The van der Waals surface area contributed by atoms with Crippen LogP contribution in [0.1, 0.15) is 45.0 Å². The van der Waals surface area contributed by atoms with Gasteiger partial charge in [-0.3, -0.25) is 4.79 Å². The van der Waals surface area contributed by atoms with Crippen LogP contribution in [0.25, 0.3) is 0 Å². The van der Waals surface area contributed by atoms with Crippen LogP contribution >= 0.6 is 0 Å². The van der Waals surface area contributed by atoms with E-state index in [1.807, 2.05) is 39.5 Å². The van der Waals surface area contributed by atoms with Gasteiger partial charge in [-0.05, 0) is 20.8 Å². The van der Waals surface area contributed by atoms with Gasteiger partial charge in [0.05, 0.1) is 6.54 Å². The van der Waals surface area contributed by atoms with Crippen molar-refractivity contribution in [3.8, 4) is 0 Å². The van der Waals surface area contributed by atoms with E-state index in [0.717, 1.165) is 11.4 Å². The number of nitrogen functional groups attached to an aromatic ring is 1. The van der Waals surface area contributed by atoms with Crippen LogP contribution in [0, 0.1) is 6.92 Å². The highest BCUT2D eigenvalue weighted by Crippen LogP contribution is 2.25. The molecule has 0 aliphatic heterocycles. The maximum Gasteiger partial charge on any atom is 0.239 e. The van der Waals surface area contributed by atoms with Gasteiger partial charge in [0.2, 0.25) is 5.91 Å². The van der Waals surface area contributed by atoms with Crippen molar-refractivity contribution in [3.05, 3.63) is 11.4 Å². The minimum Gasteiger partial charge on any atom is -0.355 e. The average molecular weight is 294 g/mol. The van der Waals surface area contributed by atoms with Gasteiger partial charge in [0, 0.05) is 24.6 Å². The molecule has 1 amide bonds. The van der Waals surface area contributed by atoms with E-state index in [1.165, 1.54) is 0 Å². The number of likely N-dealkylation sites (N-methyl/N-ethyl adjacent to an activating group) is 2. The van der Waals surface area contributed by atoms with Crippen LogP contribution in [0.15, 0.2) is 0 Å². The Labute approximate surface area is 126 Å². The molecule has 0 saturated carbocycles. The molecule has 1 aromatic rings. The van der Waals surface area contributed by atoms with E-state index in [-0.39, 0.29) is 18.4 Å². The van der Waals surface area contributed by atoms with Crippen LogP contribution in [-0.4, -0.2) is 35.5 Å². The predicted octanol–water partition coefficient (Wildman–Crippen LogP) is 1.16. The largest absolute Gasteiger partial charge is 0.355 e. The summed E-state index contributed by atoms with van der Waals surface area (Å²) in [7, 11) is 0. The Hall–Kier alpha value is -1.89. The third kappa shape index (κ3) is 4.29. The first-order valence-corrected chi connectivity index (χ1v) is 7.31. The molecule has 1 aromatic heterocycles. The number of aromatic nitrogens is 2. The number of hydrogen-bond acceptors (Lipinski definition) is 6. The van der Waals surface area contributed by atoms with Gasteiger partial charge in [0.1, 0.15) is 17.5 Å². The summed E-state index contributed by atoms with van der Waals surface area (Å²) in [5.41, 5.74) is 3.45. The molecule has 21 heavy (non-hydrogen) atoms. The lowest BCUT2D eigenvalue weighted by molar-refractivity contribution is -0.119. The van der Waals surface area contributed by atoms with Crippen LogP contribution in [0.5, 0.6) is 0 Å². The Morgan fingerprint density at radius 1 is 1.33 bits per heavy atom. The quantitative estimate of drug-likeness (QED) is 0.516.